The van der Waals surface area contributed by atoms with Crippen LogP contribution >= 0.6 is 0 Å². The van der Waals surface area contributed by atoms with Gasteiger partial charge in [-0.3, -0.25) is 0 Å². The van der Waals surface area contributed by atoms with Crippen LogP contribution in [-0.2, 0) is 6.54 Å². The van der Waals surface area contributed by atoms with Crippen molar-refractivity contribution < 1.29 is 0 Å². The minimum atomic E-state index is 0.380. The molecule has 2 nitrogen and oxygen atoms in total. The fourth-order valence-corrected chi connectivity index (χ4v) is 2.29. The number of benzene rings is 1. The molecular weight excluding hydrogens is 232 g/mol. The number of anilines is 1. The molecule has 0 atom stereocenters. The molecule has 0 aliphatic heterocycles. The standard InChI is InChI=1S/C17H30N2/c1-5-6-7-10-17(3,4)13-19-12-15-9-8-14(2)16(18)11-15/h8-9,11,19H,5-7,10,12-13,18H2,1-4H3. The zero-order chi connectivity index (χ0) is 14.3. The highest BCUT2D eigenvalue weighted by molar-refractivity contribution is 5.48. The summed E-state index contributed by atoms with van der Waals surface area (Å²) >= 11 is 0. The van der Waals surface area contributed by atoms with Crippen LogP contribution in [0.4, 0.5) is 5.69 Å². The average molecular weight is 262 g/mol. The molecule has 1 rings (SSSR count). The number of hydrogen-bond acceptors (Lipinski definition) is 2. The number of unbranched alkanes of at least 4 members (excludes halogenated alkanes) is 2. The van der Waals surface area contributed by atoms with Gasteiger partial charge in [-0.15, -0.1) is 0 Å². The molecule has 0 heterocycles. The van der Waals surface area contributed by atoms with Gasteiger partial charge >= 0.3 is 0 Å². The molecule has 1 aromatic carbocycles. The van der Waals surface area contributed by atoms with E-state index in [1.165, 1.54) is 31.2 Å². The monoisotopic (exact) mass is 262 g/mol. The Bertz CT molecular complexity index is 383. The van der Waals surface area contributed by atoms with Crippen LogP contribution in [0.3, 0.4) is 0 Å². The van der Waals surface area contributed by atoms with Crippen molar-refractivity contribution >= 4 is 5.69 Å². The molecule has 19 heavy (non-hydrogen) atoms. The lowest BCUT2D eigenvalue weighted by molar-refractivity contribution is 0.302. The van der Waals surface area contributed by atoms with E-state index in [9.17, 15) is 0 Å². The molecule has 0 aliphatic rings. The van der Waals surface area contributed by atoms with E-state index in [4.69, 9.17) is 5.73 Å². The van der Waals surface area contributed by atoms with Crippen molar-refractivity contribution in [2.24, 2.45) is 5.41 Å². The van der Waals surface area contributed by atoms with Crippen molar-refractivity contribution in [3.63, 3.8) is 0 Å². The van der Waals surface area contributed by atoms with E-state index in [0.29, 0.717) is 5.41 Å². The molecular formula is C17H30N2. The first-order valence-electron chi connectivity index (χ1n) is 7.50. The molecule has 0 aliphatic carbocycles. The Kier molecular flexibility index (Phi) is 6.36. The number of nitrogen functional groups attached to an aromatic ring is 1. The van der Waals surface area contributed by atoms with Gasteiger partial charge in [-0.2, -0.15) is 0 Å². The summed E-state index contributed by atoms with van der Waals surface area (Å²) in [5.74, 6) is 0. The maximum atomic E-state index is 5.93. The van der Waals surface area contributed by atoms with Gasteiger partial charge in [0, 0.05) is 18.8 Å². The van der Waals surface area contributed by atoms with Crippen molar-refractivity contribution in [3.8, 4) is 0 Å². The third-order valence-corrected chi connectivity index (χ3v) is 3.73. The van der Waals surface area contributed by atoms with Crippen LogP contribution in [0.5, 0.6) is 0 Å². The van der Waals surface area contributed by atoms with Crippen molar-refractivity contribution in [2.45, 2.75) is 59.9 Å². The molecule has 2 heteroatoms. The highest BCUT2D eigenvalue weighted by Crippen LogP contribution is 2.23. The van der Waals surface area contributed by atoms with Gasteiger partial charge in [0.2, 0.25) is 0 Å². The van der Waals surface area contributed by atoms with Gasteiger partial charge in [-0.05, 0) is 36.0 Å². The van der Waals surface area contributed by atoms with E-state index in [0.717, 1.165) is 24.3 Å². The molecule has 0 unspecified atom stereocenters. The van der Waals surface area contributed by atoms with Gasteiger partial charge < -0.3 is 11.1 Å². The fourth-order valence-electron chi connectivity index (χ4n) is 2.29. The maximum Gasteiger partial charge on any atom is 0.0346 e. The molecule has 0 fully saturated rings. The van der Waals surface area contributed by atoms with Gasteiger partial charge in [0.15, 0.2) is 0 Å². The Morgan fingerprint density at radius 1 is 1.21 bits per heavy atom. The molecule has 0 amide bonds. The summed E-state index contributed by atoms with van der Waals surface area (Å²) in [5, 5.41) is 3.56. The Hall–Kier alpha value is -1.02. The lowest BCUT2D eigenvalue weighted by Crippen LogP contribution is -2.29. The first-order chi connectivity index (χ1) is 8.94. The first kappa shape index (κ1) is 16.0. The number of aryl methyl sites for hydroxylation is 1. The summed E-state index contributed by atoms with van der Waals surface area (Å²) in [7, 11) is 0. The molecule has 0 saturated heterocycles. The Balaban J connectivity index is 2.34. The zero-order valence-corrected chi connectivity index (χ0v) is 13.1. The Morgan fingerprint density at radius 2 is 1.95 bits per heavy atom. The third kappa shape index (κ3) is 6.11. The van der Waals surface area contributed by atoms with Crippen molar-refractivity contribution in [1.29, 1.82) is 0 Å². The van der Waals surface area contributed by atoms with E-state index in [1.54, 1.807) is 0 Å². The van der Waals surface area contributed by atoms with Gasteiger partial charge in [0.05, 0.1) is 0 Å². The normalized spacial score (nSPS) is 11.8. The quantitative estimate of drug-likeness (QED) is 0.542. The number of hydrogen-bond donors (Lipinski definition) is 2. The Morgan fingerprint density at radius 3 is 2.58 bits per heavy atom. The average Bonchev–Trinajstić information content (AvgIpc) is 2.34. The second-order valence-corrected chi connectivity index (χ2v) is 6.42. The zero-order valence-electron chi connectivity index (χ0n) is 13.1. The van der Waals surface area contributed by atoms with E-state index in [-0.39, 0.29) is 0 Å². The van der Waals surface area contributed by atoms with E-state index < -0.39 is 0 Å². The summed E-state index contributed by atoms with van der Waals surface area (Å²) in [6.45, 7) is 11.0. The molecule has 0 spiro atoms. The van der Waals surface area contributed by atoms with Crippen molar-refractivity contribution in [2.75, 3.05) is 12.3 Å². The summed E-state index contributed by atoms with van der Waals surface area (Å²) in [6, 6.07) is 6.33. The van der Waals surface area contributed by atoms with Crippen LogP contribution in [0.15, 0.2) is 18.2 Å². The molecule has 0 aromatic heterocycles. The summed E-state index contributed by atoms with van der Waals surface area (Å²) < 4.78 is 0. The molecule has 0 saturated carbocycles. The number of nitrogens with two attached hydrogens (primary N) is 1. The van der Waals surface area contributed by atoms with Crippen LogP contribution in [0.1, 0.15) is 57.6 Å². The third-order valence-electron chi connectivity index (χ3n) is 3.73. The minimum Gasteiger partial charge on any atom is -0.399 e. The predicted molar refractivity (Wildman–Crippen MR) is 85.2 cm³/mol. The van der Waals surface area contributed by atoms with Crippen LogP contribution < -0.4 is 11.1 Å². The van der Waals surface area contributed by atoms with E-state index in [1.807, 2.05) is 6.92 Å². The van der Waals surface area contributed by atoms with Crippen molar-refractivity contribution in [1.82, 2.24) is 5.32 Å². The SMILES string of the molecule is CCCCCC(C)(C)CNCc1ccc(C)c(N)c1. The lowest BCUT2D eigenvalue weighted by atomic mass is 9.87. The largest absolute Gasteiger partial charge is 0.399 e. The van der Waals surface area contributed by atoms with Crippen LogP contribution in [-0.4, -0.2) is 6.54 Å². The highest BCUT2D eigenvalue weighted by Gasteiger charge is 2.16. The van der Waals surface area contributed by atoms with Gasteiger partial charge in [-0.1, -0.05) is 52.2 Å². The predicted octanol–water partition coefficient (Wildman–Crippen LogP) is 4.27. The van der Waals surface area contributed by atoms with Crippen LogP contribution in [0.25, 0.3) is 0 Å². The van der Waals surface area contributed by atoms with Crippen LogP contribution in [0.2, 0.25) is 0 Å². The van der Waals surface area contributed by atoms with Gasteiger partial charge in [-0.25, -0.2) is 0 Å². The smallest absolute Gasteiger partial charge is 0.0346 e. The van der Waals surface area contributed by atoms with Crippen molar-refractivity contribution in [3.05, 3.63) is 29.3 Å². The number of nitrogens with one attached hydrogen (secondary N) is 1. The number of rotatable bonds is 8. The molecule has 0 bridgehead atoms. The highest BCUT2D eigenvalue weighted by atomic mass is 14.9. The molecule has 1 aromatic rings. The second kappa shape index (κ2) is 7.54. The summed E-state index contributed by atoms with van der Waals surface area (Å²) in [5.41, 5.74) is 9.63. The Labute approximate surface area is 118 Å². The van der Waals surface area contributed by atoms with E-state index in [2.05, 4.69) is 44.3 Å². The van der Waals surface area contributed by atoms with Gasteiger partial charge in [0.1, 0.15) is 0 Å². The minimum absolute atomic E-state index is 0.380. The lowest BCUT2D eigenvalue weighted by Gasteiger charge is -2.25. The topological polar surface area (TPSA) is 38.0 Å². The fraction of sp³-hybridized carbons (Fsp3) is 0.647. The molecule has 0 radical (unpaired) electrons. The van der Waals surface area contributed by atoms with Gasteiger partial charge in [0.25, 0.3) is 0 Å². The summed E-state index contributed by atoms with van der Waals surface area (Å²) in [4.78, 5) is 0. The van der Waals surface area contributed by atoms with Crippen LogP contribution in [0, 0.1) is 12.3 Å². The van der Waals surface area contributed by atoms with E-state index >= 15 is 0 Å². The first-order valence-corrected chi connectivity index (χ1v) is 7.50. The summed E-state index contributed by atoms with van der Waals surface area (Å²) in [6.07, 6.45) is 5.27. The second-order valence-electron chi connectivity index (χ2n) is 6.42. The molecule has 3 N–H and O–H groups in total. The molecule has 108 valence electrons. The maximum absolute atomic E-state index is 5.93.